The van der Waals surface area contributed by atoms with Crippen LogP contribution in [0.2, 0.25) is 0 Å². The standard InChI is InChI=1S/C10H18N2O/c1-5-6-9(13)10-7(2)11-12(4)8(10)3/h9,13H,5-6H2,1-4H3. The molecule has 3 nitrogen and oxygen atoms in total. The first-order valence-corrected chi connectivity index (χ1v) is 4.76. The average Bonchev–Trinajstić information content (AvgIpc) is 2.27. The molecule has 3 heteroatoms. The maximum absolute atomic E-state index is 9.84. The molecule has 0 bridgehead atoms. The number of aliphatic hydroxyl groups excluding tert-OH is 1. The number of aryl methyl sites for hydroxylation is 2. The molecular weight excluding hydrogens is 164 g/mol. The average molecular weight is 182 g/mol. The molecule has 0 fully saturated rings. The molecule has 0 aliphatic heterocycles. The molecule has 0 aliphatic rings. The summed E-state index contributed by atoms with van der Waals surface area (Å²) >= 11 is 0. The van der Waals surface area contributed by atoms with Gasteiger partial charge in [0, 0.05) is 18.3 Å². The second-order valence-corrected chi connectivity index (χ2v) is 3.51. The molecule has 1 heterocycles. The van der Waals surface area contributed by atoms with Gasteiger partial charge >= 0.3 is 0 Å². The van der Waals surface area contributed by atoms with E-state index >= 15 is 0 Å². The van der Waals surface area contributed by atoms with Crippen molar-refractivity contribution in [2.45, 2.75) is 39.7 Å². The highest BCUT2D eigenvalue weighted by atomic mass is 16.3. The Hall–Kier alpha value is -0.830. The highest BCUT2D eigenvalue weighted by Gasteiger charge is 2.16. The van der Waals surface area contributed by atoms with E-state index in [1.54, 1.807) is 0 Å². The summed E-state index contributed by atoms with van der Waals surface area (Å²) in [4.78, 5) is 0. The van der Waals surface area contributed by atoms with Gasteiger partial charge in [-0.3, -0.25) is 4.68 Å². The first kappa shape index (κ1) is 10.3. The number of hydrogen-bond acceptors (Lipinski definition) is 2. The van der Waals surface area contributed by atoms with Crippen molar-refractivity contribution >= 4 is 0 Å². The molecule has 0 radical (unpaired) electrons. The summed E-state index contributed by atoms with van der Waals surface area (Å²) in [7, 11) is 1.91. The van der Waals surface area contributed by atoms with Gasteiger partial charge in [0.25, 0.3) is 0 Å². The summed E-state index contributed by atoms with van der Waals surface area (Å²) in [6, 6.07) is 0. The van der Waals surface area contributed by atoms with Gasteiger partial charge in [0.1, 0.15) is 0 Å². The highest BCUT2D eigenvalue weighted by Crippen LogP contribution is 2.24. The van der Waals surface area contributed by atoms with Crippen LogP contribution in [0.3, 0.4) is 0 Å². The van der Waals surface area contributed by atoms with Crippen molar-refractivity contribution in [3.63, 3.8) is 0 Å². The van der Waals surface area contributed by atoms with E-state index in [1.165, 1.54) is 0 Å². The van der Waals surface area contributed by atoms with Gasteiger partial charge in [-0.05, 0) is 20.3 Å². The first-order chi connectivity index (χ1) is 6.07. The van der Waals surface area contributed by atoms with E-state index in [0.717, 1.165) is 29.8 Å². The number of rotatable bonds is 3. The lowest BCUT2D eigenvalue weighted by molar-refractivity contribution is 0.165. The van der Waals surface area contributed by atoms with E-state index in [0.29, 0.717) is 0 Å². The third kappa shape index (κ3) is 1.91. The Morgan fingerprint density at radius 2 is 2.08 bits per heavy atom. The molecule has 0 spiro atoms. The minimum Gasteiger partial charge on any atom is -0.388 e. The van der Waals surface area contributed by atoms with Crippen LogP contribution in [0.25, 0.3) is 0 Å². The summed E-state index contributed by atoms with van der Waals surface area (Å²) in [5.41, 5.74) is 3.02. The number of nitrogens with zero attached hydrogens (tertiary/aromatic N) is 2. The summed E-state index contributed by atoms with van der Waals surface area (Å²) in [5, 5.41) is 14.1. The molecule has 0 aromatic carbocycles. The Bertz CT molecular complexity index is 291. The molecule has 13 heavy (non-hydrogen) atoms. The van der Waals surface area contributed by atoms with Crippen LogP contribution in [-0.4, -0.2) is 14.9 Å². The van der Waals surface area contributed by atoms with Crippen molar-refractivity contribution in [1.29, 1.82) is 0 Å². The molecular formula is C10H18N2O. The van der Waals surface area contributed by atoms with Gasteiger partial charge in [-0.2, -0.15) is 5.10 Å². The molecule has 0 aliphatic carbocycles. The maximum atomic E-state index is 9.84. The van der Waals surface area contributed by atoms with Crippen molar-refractivity contribution in [2.75, 3.05) is 0 Å². The topological polar surface area (TPSA) is 38.1 Å². The van der Waals surface area contributed by atoms with Crippen LogP contribution in [0.1, 0.15) is 42.8 Å². The lowest BCUT2D eigenvalue weighted by atomic mass is 10.0. The second-order valence-electron chi connectivity index (χ2n) is 3.51. The van der Waals surface area contributed by atoms with Gasteiger partial charge in [-0.15, -0.1) is 0 Å². The highest BCUT2D eigenvalue weighted by molar-refractivity contribution is 5.26. The fourth-order valence-electron chi connectivity index (χ4n) is 1.69. The van der Waals surface area contributed by atoms with Crippen molar-refractivity contribution in [3.8, 4) is 0 Å². The maximum Gasteiger partial charge on any atom is 0.0825 e. The molecule has 0 amide bonds. The quantitative estimate of drug-likeness (QED) is 0.775. The van der Waals surface area contributed by atoms with Crippen molar-refractivity contribution in [1.82, 2.24) is 9.78 Å². The SMILES string of the molecule is CCCC(O)c1c(C)nn(C)c1C. The first-order valence-electron chi connectivity index (χ1n) is 4.76. The molecule has 0 saturated heterocycles. The van der Waals surface area contributed by atoms with E-state index < -0.39 is 0 Å². The third-order valence-electron chi connectivity index (χ3n) is 2.46. The van der Waals surface area contributed by atoms with E-state index in [9.17, 15) is 5.11 Å². The van der Waals surface area contributed by atoms with Crippen molar-refractivity contribution < 1.29 is 5.11 Å². The molecule has 1 aromatic heterocycles. The fourth-order valence-corrected chi connectivity index (χ4v) is 1.69. The third-order valence-corrected chi connectivity index (χ3v) is 2.46. The van der Waals surface area contributed by atoms with E-state index in [-0.39, 0.29) is 6.10 Å². The number of hydrogen-bond donors (Lipinski definition) is 1. The zero-order valence-corrected chi connectivity index (χ0v) is 8.83. The largest absolute Gasteiger partial charge is 0.388 e. The monoisotopic (exact) mass is 182 g/mol. The predicted octanol–water partition coefficient (Wildman–Crippen LogP) is 1.87. The molecule has 0 saturated carbocycles. The van der Waals surface area contributed by atoms with Crippen LogP contribution in [0.15, 0.2) is 0 Å². The molecule has 1 unspecified atom stereocenters. The van der Waals surface area contributed by atoms with Crippen LogP contribution in [-0.2, 0) is 7.05 Å². The summed E-state index contributed by atoms with van der Waals surface area (Å²) in [5.74, 6) is 0. The summed E-state index contributed by atoms with van der Waals surface area (Å²) < 4.78 is 1.82. The van der Waals surface area contributed by atoms with E-state index in [4.69, 9.17) is 0 Å². The lowest BCUT2D eigenvalue weighted by Crippen LogP contribution is -2.00. The van der Waals surface area contributed by atoms with Gasteiger partial charge in [0.05, 0.1) is 11.8 Å². The number of aliphatic hydroxyl groups is 1. The number of aromatic nitrogens is 2. The lowest BCUT2D eigenvalue weighted by Gasteiger charge is -2.09. The smallest absolute Gasteiger partial charge is 0.0825 e. The summed E-state index contributed by atoms with van der Waals surface area (Å²) in [6.07, 6.45) is 1.46. The van der Waals surface area contributed by atoms with Crippen molar-refractivity contribution in [2.24, 2.45) is 7.05 Å². The Kier molecular flexibility index (Phi) is 3.09. The van der Waals surface area contributed by atoms with Gasteiger partial charge < -0.3 is 5.11 Å². The van der Waals surface area contributed by atoms with Crippen LogP contribution in [0.5, 0.6) is 0 Å². The van der Waals surface area contributed by atoms with Crippen LogP contribution >= 0.6 is 0 Å². The van der Waals surface area contributed by atoms with Gasteiger partial charge in [-0.1, -0.05) is 13.3 Å². The predicted molar refractivity (Wildman–Crippen MR) is 52.5 cm³/mol. The zero-order valence-electron chi connectivity index (χ0n) is 8.83. The van der Waals surface area contributed by atoms with Crippen LogP contribution < -0.4 is 0 Å². The normalized spacial score (nSPS) is 13.3. The zero-order chi connectivity index (χ0) is 10.0. The van der Waals surface area contributed by atoms with Gasteiger partial charge in [-0.25, -0.2) is 0 Å². The molecule has 1 aromatic rings. The van der Waals surface area contributed by atoms with Crippen LogP contribution in [0, 0.1) is 13.8 Å². The van der Waals surface area contributed by atoms with Crippen LogP contribution in [0.4, 0.5) is 0 Å². The van der Waals surface area contributed by atoms with Crippen molar-refractivity contribution in [3.05, 3.63) is 17.0 Å². The Morgan fingerprint density at radius 3 is 2.46 bits per heavy atom. The minimum atomic E-state index is -0.348. The molecule has 1 N–H and O–H groups in total. The fraction of sp³-hybridized carbons (Fsp3) is 0.700. The Morgan fingerprint density at radius 1 is 1.46 bits per heavy atom. The molecule has 1 rings (SSSR count). The van der Waals surface area contributed by atoms with E-state index in [2.05, 4.69) is 12.0 Å². The minimum absolute atomic E-state index is 0.348. The van der Waals surface area contributed by atoms with Gasteiger partial charge in [0.2, 0.25) is 0 Å². The van der Waals surface area contributed by atoms with Gasteiger partial charge in [0.15, 0.2) is 0 Å². The Labute approximate surface area is 79.4 Å². The second kappa shape index (κ2) is 3.92. The van der Waals surface area contributed by atoms with E-state index in [1.807, 2.05) is 25.6 Å². The molecule has 1 atom stereocenters. The Balaban J connectivity index is 2.98. The summed E-state index contributed by atoms with van der Waals surface area (Å²) in [6.45, 7) is 6.01. The molecule has 74 valence electrons.